The molecule has 0 saturated heterocycles. The average molecular weight is 246 g/mol. The topological polar surface area (TPSA) is 95.6 Å². The fourth-order valence-electron chi connectivity index (χ4n) is 1.82. The van der Waals surface area contributed by atoms with Crippen molar-refractivity contribution in [1.29, 1.82) is 0 Å². The van der Waals surface area contributed by atoms with Crippen LogP contribution in [0.1, 0.15) is 5.56 Å². The van der Waals surface area contributed by atoms with Gasteiger partial charge in [0.05, 0.1) is 6.04 Å². The number of hydrogen-bond donors (Lipinski definition) is 4. The van der Waals surface area contributed by atoms with Crippen molar-refractivity contribution in [1.82, 2.24) is 5.32 Å². The van der Waals surface area contributed by atoms with E-state index in [1.807, 2.05) is 35.6 Å². The maximum Gasteiger partial charge on any atom is 0.407 e. The Kier molecular flexibility index (Phi) is 3.18. The quantitative estimate of drug-likeness (QED) is 0.583. The van der Waals surface area contributed by atoms with Crippen molar-refractivity contribution in [3.05, 3.63) is 54.1 Å². The molecule has 0 fully saturated rings. The van der Waals surface area contributed by atoms with Crippen LogP contribution in [0.2, 0.25) is 0 Å². The largest absolute Gasteiger partial charge is 0.465 e. The van der Waals surface area contributed by atoms with E-state index in [1.54, 1.807) is 12.2 Å². The number of benzene rings is 1. The standard InChI is InChI=1S/C13H14N2O3/c14-11-8-10(9-4-2-1-3-5-9)6-7-13(11,18)15-12(16)17/h1-8,11,15,18H,14H2,(H,16,17). The molecule has 5 N–H and O–H groups in total. The number of nitrogens with one attached hydrogen (secondary N) is 1. The molecule has 1 aromatic rings. The first-order chi connectivity index (χ1) is 8.51. The third-order valence-corrected chi connectivity index (χ3v) is 2.80. The molecule has 1 amide bonds. The molecule has 94 valence electrons. The summed E-state index contributed by atoms with van der Waals surface area (Å²) in [5.74, 6) is 0. The van der Waals surface area contributed by atoms with Crippen LogP contribution in [0.15, 0.2) is 48.6 Å². The van der Waals surface area contributed by atoms with Crippen LogP contribution >= 0.6 is 0 Å². The van der Waals surface area contributed by atoms with Gasteiger partial charge >= 0.3 is 6.09 Å². The van der Waals surface area contributed by atoms with E-state index in [-0.39, 0.29) is 0 Å². The molecule has 18 heavy (non-hydrogen) atoms. The van der Waals surface area contributed by atoms with Crippen LogP contribution in [0, 0.1) is 0 Å². The van der Waals surface area contributed by atoms with Crippen LogP contribution in [-0.2, 0) is 0 Å². The summed E-state index contributed by atoms with van der Waals surface area (Å²) in [6, 6.07) is 8.68. The summed E-state index contributed by atoms with van der Waals surface area (Å²) in [7, 11) is 0. The van der Waals surface area contributed by atoms with Gasteiger partial charge in [-0.3, -0.25) is 5.32 Å². The summed E-state index contributed by atoms with van der Waals surface area (Å²) in [5, 5.41) is 20.7. The second kappa shape index (κ2) is 4.64. The Hall–Kier alpha value is -2.11. The van der Waals surface area contributed by atoms with Crippen LogP contribution in [0.25, 0.3) is 5.57 Å². The van der Waals surface area contributed by atoms with E-state index in [0.717, 1.165) is 11.1 Å². The van der Waals surface area contributed by atoms with Gasteiger partial charge in [0, 0.05) is 0 Å². The molecule has 0 aliphatic heterocycles. The minimum absolute atomic E-state index is 0.839. The van der Waals surface area contributed by atoms with Gasteiger partial charge in [0.15, 0.2) is 5.72 Å². The van der Waals surface area contributed by atoms with Gasteiger partial charge in [-0.25, -0.2) is 4.79 Å². The highest BCUT2D eigenvalue weighted by Crippen LogP contribution is 2.24. The Morgan fingerprint density at radius 2 is 2.00 bits per heavy atom. The third-order valence-electron chi connectivity index (χ3n) is 2.80. The number of nitrogens with two attached hydrogens (primary N) is 1. The highest BCUT2D eigenvalue weighted by atomic mass is 16.4. The minimum Gasteiger partial charge on any atom is -0.465 e. The molecule has 1 aliphatic carbocycles. The normalized spacial score (nSPS) is 26.6. The molecule has 2 rings (SSSR count). The third kappa shape index (κ3) is 2.42. The monoisotopic (exact) mass is 246 g/mol. The molecule has 0 aromatic heterocycles. The molecule has 0 saturated carbocycles. The van der Waals surface area contributed by atoms with Gasteiger partial charge in [-0.15, -0.1) is 0 Å². The molecule has 1 aromatic carbocycles. The Bertz CT molecular complexity index is 510. The fraction of sp³-hybridized carbons (Fsp3) is 0.154. The van der Waals surface area contributed by atoms with Crippen molar-refractivity contribution in [3.63, 3.8) is 0 Å². The summed E-state index contributed by atoms with van der Waals surface area (Å²) in [5.41, 5.74) is 5.83. The van der Waals surface area contributed by atoms with Gasteiger partial charge < -0.3 is 15.9 Å². The molecular weight excluding hydrogens is 232 g/mol. The predicted molar refractivity (Wildman–Crippen MR) is 67.6 cm³/mol. The van der Waals surface area contributed by atoms with E-state index >= 15 is 0 Å². The molecule has 5 heteroatoms. The first-order valence-corrected chi connectivity index (χ1v) is 5.47. The number of hydrogen-bond acceptors (Lipinski definition) is 3. The highest BCUT2D eigenvalue weighted by Gasteiger charge is 2.34. The molecule has 2 unspecified atom stereocenters. The van der Waals surface area contributed by atoms with Crippen LogP contribution in [-0.4, -0.2) is 28.1 Å². The van der Waals surface area contributed by atoms with Gasteiger partial charge in [0.2, 0.25) is 0 Å². The van der Waals surface area contributed by atoms with Crippen molar-refractivity contribution in [2.75, 3.05) is 0 Å². The smallest absolute Gasteiger partial charge is 0.407 e. The first kappa shape index (κ1) is 12.3. The van der Waals surface area contributed by atoms with Gasteiger partial charge in [-0.05, 0) is 17.2 Å². The lowest BCUT2D eigenvalue weighted by atomic mass is 9.91. The number of allylic oxidation sites excluding steroid dienone is 2. The molecule has 0 radical (unpaired) electrons. The maximum atomic E-state index is 10.6. The summed E-state index contributed by atoms with van der Waals surface area (Å²) >= 11 is 0. The molecule has 2 atom stereocenters. The molecular formula is C13H14N2O3. The zero-order valence-corrected chi connectivity index (χ0v) is 9.58. The van der Waals surface area contributed by atoms with E-state index in [9.17, 15) is 9.90 Å². The van der Waals surface area contributed by atoms with Crippen LogP contribution in [0.4, 0.5) is 4.79 Å². The molecule has 1 aliphatic rings. The van der Waals surface area contributed by atoms with Crippen molar-refractivity contribution in [3.8, 4) is 0 Å². The predicted octanol–water partition coefficient (Wildman–Crippen LogP) is 0.923. The van der Waals surface area contributed by atoms with Crippen molar-refractivity contribution >= 4 is 11.7 Å². The SMILES string of the molecule is NC1C=C(c2ccccc2)C=CC1(O)NC(=O)O. The van der Waals surface area contributed by atoms with Gasteiger partial charge in [-0.2, -0.15) is 0 Å². The Balaban J connectivity index is 2.25. The second-order valence-electron chi connectivity index (χ2n) is 4.10. The van der Waals surface area contributed by atoms with Crippen LogP contribution < -0.4 is 11.1 Å². The minimum atomic E-state index is -1.76. The zero-order valence-electron chi connectivity index (χ0n) is 9.58. The van der Waals surface area contributed by atoms with Crippen molar-refractivity contribution in [2.45, 2.75) is 11.8 Å². The van der Waals surface area contributed by atoms with Crippen LogP contribution in [0.5, 0.6) is 0 Å². The lowest BCUT2D eigenvalue weighted by Crippen LogP contribution is -2.58. The number of aliphatic hydroxyl groups is 1. The summed E-state index contributed by atoms with van der Waals surface area (Å²) in [6.07, 6.45) is 3.31. The summed E-state index contributed by atoms with van der Waals surface area (Å²) in [6.45, 7) is 0. The number of rotatable bonds is 2. The molecule has 0 spiro atoms. The first-order valence-electron chi connectivity index (χ1n) is 5.47. The fourth-order valence-corrected chi connectivity index (χ4v) is 1.82. The number of carbonyl (C=O) groups is 1. The maximum absolute atomic E-state index is 10.6. The Morgan fingerprint density at radius 1 is 1.33 bits per heavy atom. The van der Waals surface area contributed by atoms with E-state index in [1.165, 1.54) is 6.08 Å². The molecule has 5 nitrogen and oxygen atoms in total. The van der Waals surface area contributed by atoms with Crippen molar-refractivity contribution < 1.29 is 15.0 Å². The number of carboxylic acid groups (broad SMARTS) is 1. The van der Waals surface area contributed by atoms with E-state index in [4.69, 9.17) is 10.8 Å². The second-order valence-corrected chi connectivity index (χ2v) is 4.10. The van der Waals surface area contributed by atoms with E-state index in [2.05, 4.69) is 0 Å². The van der Waals surface area contributed by atoms with Crippen molar-refractivity contribution in [2.24, 2.45) is 5.73 Å². The summed E-state index contributed by atoms with van der Waals surface area (Å²) in [4.78, 5) is 10.6. The van der Waals surface area contributed by atoms with E-state index in [0.29, 0.717) is 0 Å². The summed E-state index contributed by atoms with van der Waals surface area (Å²) < 4.78 is 0. The van der Waals surface area contributed by atoms with Gasteiger partial charge in [-0.1, -0.05) is 42.5 Å². The Labute approximate surface area is 104 Å². The average Bonchev–Trinajstić information content (AvgIpc) is 2.33. The highest BCUT2D eigenvalue weighted by molar-refractivity contribution is 5.77. The number of amides is 1. The molecule has 0 heterocycles. The van der Waals surface area contributed by atoms with E-state index < -0.39 is 17.9 Å². The van der Waals surface area contributed by atoms with Gasteiger partial charge in [0.25, 0.3) is 0 Å². The molecule has 0 bridgehead atoms. The lowest BCUT2D eigenvalue weighted by molar-refractivity contribution is 0.0424. The van der Waals surface area contributed by atoms with Gasteiger partial charge in [0.1, 0.15) is 0 Å². The van der Waals surface area contributed by atoms with Crippen LogP contribution in [0.3, 0.4) is 0 Å². The lowest BCUT2D eigenvalue weighted by Gasteiger charge is -2.32. The Morgan fingerprint density at radius 3 is 2.56 bits per heavy atom. The zero-order chi connectivity index (χ0) is 13.2.